The number of rotatable bonds is 6. The molecule has 0 aromatic carbocycles. The predicted octanol–water partition coefficient (Wildman–Crippen LogP) is 2.47. The molecule has 2 rings (SSSR count). The van der Waals surface area contributed by atoms with E-state index in [0.29, 0.717) is 19.0 Å². The Balaban J connectivity index is 1.93. The lowest BCUT2D eigenvalue weighted by Gasteiger charge is -2.34. The molecule has 1 aliphatic heterocycles. The van der Waals surface area contributed by atoms with E-state index in [0.717, 1.165) is 25.9 Å². The summed E-state index contributed by atoms with van der Waals surface area (Å²) in [5.74, 6) is 0.260. The van der Waals surface area contributed by atoms with Gasteiger partial charge in [0.1, 0.15) is 0 Å². The molecular formula is C16H27N3OS. The molecule has 1 saturated heterocycles. The molecule has 4 nitrogen and oxygen atoms in total. The Morgan fingerprint density at radius 2 is 2.14 bits per heavy atom. The summed E-state index contributed by atoms with van der Waals surface area (Å²) in [5, 5.41) is 2.09. The van der Waals surface area contributed by atoms with E-state index < -0.39 is 0 Å². The van der Waals surface area contributed by atoms with E-state index >= 15 is 0 Å². The number of likely N-dealkylation sites (N-methyl/N-ethyl adjacent to an activating group) is 1. The number of likely N-dealkylation sites (tertiary alicyclic amines) is 1. The van der Waals surface area contributed by atoms with Crippen molar-refractivity contribution in [2.24, 2.45) is 5.73 Å². The highest BCUT2D eigenvalue weighted by Gasteiger charge is 2.25. The second-order valence-corrected chi connectivity index (χ2v) is 6.87. The minimum absolute atomic E-state index is 0.108. The second kappa shape index (κ2) is 7.92. The van der Waals surface area contributed by atoms with Gasteiger partial charge in [-0.25, -0.2) is 0 Å². The van der Waals surface area contributed by atoms with E-state index in [1.165, 1.54) is 11.3 Å². The van der Waals surface area contributed by atoms with Crippen molar-refractivity contribution in [1.29, 1.82) is 0 Å². The summed E-state index contributed by atoms with van der Waals surface area (Å²) in [6, 6.07) is 4.62. The number of thiophene rings is 1. The predicted molar refractivity (Wildman–Crippen MR) is 88.4 cm³/mol. The number of carbonyl (C=O) groups excluding carboxylic acids is 1. The average Bonchev–Trinajstić information content (AvgIpc) is 3.06. The van der Waals surface area contributed by atoms with Crippen LogP contribution in [0.15, 0.2) is 17.5 Å². The second-order valence-electron chi connectivity index (χ2n) is 5.89. The monoisotopic (exact) mass is 309 g/mol. The summed E-state index contributed by atoms with van der Waals surface area (Å²) in [7, 11) is 2.07. The third-order valence-corrected chi connectivity index (χ3v) is 5.58. The van der Waals surface area contributed by atoms with Crippen LogP contribution in [-0.2, 0) is 4.79 Å². The molecule has 0 aliphatic carbocycles. The number of amides is 1. The van der Waals surface area contributed by atoms with Crippen molar-refractivity contribution in [2.75, 3.05) is 26.7 Å². The Kier molecular flexibility index (Phi) is 6.21. The maximum Gasteiger partial charge on any atom is 0.224 e. The van der Waals surface area contributed by atoms with Crippen molar-refractivity contribution in [1.82, 2.24) is 9.80 Å². The number of hydrogen-bond donors (Lipinski definition) is 1. The van der Waals surface area contributed by atoms with Crippen LogP contribution in [0.25, 0.3) is 0 Å². The molecule has 2 N–H and O–H groups in total. The molecule has 0 saturated carbocycles. The summed E-state index contributed by atoms with van der Waals surface area (Å²) in [6.45, 7) is 4.53. The highest BCUT2D eigenvalue weighted by Crippen LogP contribution is 2.26. The molecule has 1 aliphatic rings. The lowest BCUT2D eigenvalue weighted by atomic mass is 10.1. The summed E-state index contributed by atoms with van der Waals surface area (Å²) in [5.41, 5.74) is 5.93. The normalized spacial score (nSPS) is 18.8. The minimum Gasteiger partial charge on any atom is -0.343 e. The maximum atomic E-state index is 12.4. The lowest BCUT2D eigenvalue weighted by molar-refractivity contribution is -0.133. The van der Waals surface area contributed by atoms with Gasteiger partial charge in [-0.3, -0.25) is 9.69 Å². The minimum atomic E-state index is 0.108. The summed E-state index contributed by atoms with van der Waals surface area (Å²) >= 11 is 1.76. The van der Waals surface area contributed by atoms with Gasteiger partial charge in [-0.15, -0.1) is 11.3 Å². The van der Waals surface area contributed by atoms with Crippen LogP contribution in [0.3, 0.4) is 0 Å². The van der Waals surface area contributed by atoms with Crippen LogP contribution in [-0.4, -0.2) is 48.4 Å². The molecule has 2 atom stereocenters. The molecule has 1 amide bonds. The zero-order valence-corrected chi connectivity index (χ0v) is 13.9. The molecule has 0 bridgehead atoms. The fraction of sp³-hybridized carbons (Fsp3) is 0.688. The van der Waals surface area contributed by atoms with Gasteiger partial charge < -0.3 is 10.6 Å². The molecule has 0 radical (unpaired) electrons. The number of nitrogens with two attached hydrogens (primary N) is 1. The quantitative estimate of drug-likeness (QED) is 0.878. The Labute approximate surface area is 131 Å². The van der Waals surface area contributed by atoms with Crippen molar-refractivity contribution >= 4 is 17.2 Å². The summed E-state index contributed by atoms with van der Waals surface area (Å²) < 4.78 is 0. The molecular weight excluding hydrogens is 282 g/mol. The van der Waals surface area contributed by atoms with Gasteiger partial charge in [-0.1, -0.05) is 6.07 Å². The Morgan fingerprint density at radius 1 is 1.43 bits per heavy atom. The van der Waals surface area contributed by atoms with Crippen LogP contribution >= 0.6 is 11.3 Å². The fourth-order valence-electron chi connectivity index (χ4n) is 2.91. The van der Waals surface area contributed by atoms with Gasteiger partial charge in [0.05, 0.1) is 0 Å². The van der Waals surface area contributed by atoms with Gasteiger partial charge in [0, 0.05) is 43.0 Å². The number of piperidine rings is 1. The van der Waals surface area contributed by atoms with Gasteiger partial charge in [-0.2, -0.15) is 0 Å². The van der Waals surface area contributed by atoms with Crippen LogP contribution in [0.5, 0.6) is 0 Å². The first kappa shape index (κ1) is 16.5. The zero-order valence-electron chi connectivity index (χ0n) is 13.1. The first-order valence-electron chi connectivity index (χ1n) is 7.86. The zero-order chi connectivity index (χ0) is 15.2. The molecule has 1 aromatic rings. The van der Waals surface area contributed by atoms with Gasteiger partial charge in [0.2, 0.25) is 5.91 Å². The third-order valence-electron chi connectivity index (χ3n) is 4.53. The van der Waals surface area contributed by atoms with Crippen LogP contribution in [0.1, 0.15) is 43.5 Å². The van der Waals surface area contributed by atoms with Crippen LogP contribution in [0.4, 0.5) is 0 Å². The van der Waals surface area contributed by atoms with Crippen molar-refractivity contribution in [2.45, 2.75) is 44.7 Å². The maximum absolute atomic E-state index is 12.4. The lowest BCUT2D eigenvalue weighted by Crippen LogP contribution is -2.45. The number of hydrogen-bond acceptors (Lipinski definition) is 4. The van der Waals surface area contributed by atoms with Crippen molar-refractivity contribution < 1.29 is 4.79 Å². The first-order valence-corrected chi connectivity index (χ1v) is 8.74. The van der Waals surface area contributed by atoms with Crippen LogP contribution in [0, 0.1) is 0 Å². The Morgan fingerprint density at radius 3 is 2.71 bits per heavy atom. The van der Waals surface area contributed by atoms with Gasteiger partial charge in [0.25, 0.3) is 0 Å². The van der Waals surface area contributed by atoms with Gasteiger partial charge in [0.15, 0.2) is 0 Å². The van der Waals surface area contributed by atoms with E-state index in [4.69, 9.17) is 5.73 Å². The SMILES string of the molecule is CC(c1cccs1)N(C)C(CN)CC(=O)N1CCCCC1. The van der Waals surface area contributed by atoms with Crippen molar-refractivity contribution in [3.63, 3.8) is 0 Å². The summed E-state index contributed by atoms with van der Waals surface area (Å²) in [6.07, 6.45) is 4.06. The van der Waals surface area contributed by atoms with E-state index in [2.05, 4.69) is 36.4 Å². The molecule has 1 aromatic heterocycles. The Bertz CT molecular complexity index is 429. The molecule has 2 unspecified atom stereocenters. The van der Waals surface area contributed by atoms with Crippen LogP contribution < -0.4 is 5.73 Å². The topological polar surface area (TPSA) is 49.6 Å². The summed E-state index contributed by atoms with van der Waals surface area (Å²) in [4.78, 5) is 18.0. The Hall–Kier alpha value is -0.910. The first-order chi connectivity index (χ1) is 10.1. The van der Waals surface area contributed by atoms with E-state index in [1.54, 1.807) is 11.3 Å². The third kappa shape index (κ3) is 4.28. The molecule has 0 spiro atoms. The van der Waals surface area contributed by atoms with E-state index in [-0.39, 0.29) is 11.9 Å². The molecule has 1 fully saturated rings. The van der Waals surface area contributed by atoms with Crippen molar-refractivity contribution in [3.8, 4) is 0 Å². The molecule has 21 heavy (non-hydrogen) atoms. The molecule has 118 valence electrons. The number of carbonyl (C=O) groups is 1. The van der Waals surface area contributed by atoms with E-state index in [1.807, 2.05) is 4.90 Å². The van der Waals surface area contributed by atoms with Crippen LogP contribution in [0.2, 0.25) is 0 Å². The largest absolute Gasteiger partial charge is 0.343 e. The van der Waals surface area contributed by atoms with E-state index in [9.17, 15) is 4.79 Å². The highest BCUT2D eigenvalue weighted by atomic mass is 32.1. The fourth-order valence-corrected chi connectivity index (χ4v) is 3.75. The standard InChI is InChI=1S/C16H27N3OS/c1-13(15-7-6-10-21-15)18(2)14(12-17)11-16(20)19-8-4-3-5-9-19/h6-7,10,13-14H,3-5,8-9,11-12,17H2,1-2H3. The highest BCUT2D eigenvalue weighted by molar-refractivity contribution is 7.10. The molecule has 2 heterocycles. The smallest absolute Gasteiger partial charge is 0.224 e. The van der Waals surface area contributed by atoms with Gasteiger partial charge >= 0.3 is 0 Å². The van der Waals surface area contributed by atoms with Crippen molar-refractivity contribution in [3.05, 3.63) is 22.4 Å². The number of nitrogens with zero attached hydrogens (tertiary/aromatic N) is 2. The average molecular weight is 309 g/mol. The van der Waals surface area contributed by atoms with Gasteiger partial charge in [-0.05, 0) is 44.7 Å². The molecule has 5 heteroatoms.